The fourth-order valence-corrected chi connectivity index (χ4v) is 1.93. The lowest BCUT2D eigenvalue weighted by molar-refractivity contribution is -0.0180. The van der Waals surface area contributed by atoms with Crippen molar-refractivity contribution in [3.05, 3.63) is 33.5 Å². The molecule has 0 aromatic carbocycles. The molecule has 0 saturated carbocycles. The quantitative estimate of drug-likeness (QED) is 0.101. The molecule has 0 aliphatic rings. The van der Waals surface area contributed by atoms with Crippen molar-refractivity contribution in [1.82, 2.24) is 0 Å². The maximum atomic E-state index is 8.48. The second kappa shape index (κ2) is 19.9. The molecule has 2 N–H and O–H groups in total. The number of rotatable bonds is 21. The largest absolute Gasteiger partial charge is 0.378 e. The Labute approximate surface area is 165 Å². The summed E-state index contributed by atoms with van der Waals surface area (Å²) in [5.74, 6) is 0. The van der Waals surface area contributed by atoms with E-state index in [1.807, 2.05) is 0 Å². The Kier molecular flexibility index (Phi) is 18.5. The maximum absolute atomic E-state index is 8.48. The molecule has 0 atom stereocenters. The van der Waals surface area contributed by atoms with Crippen molar-refractivity contribution >= 4 is 0 Å². The van der Waals surface area contributed by atoms with Crippen LogP contribution < -0.4 is 5.73 Å². The SMILES string of the molecule is C=CCOCCOCCOCCOCCOCC(CN)(CN=[N+]=[N-])CN=[N+]=[N-]. The van der Waals surface area contributed by atoms with E-state index in [1.54, 1.807) is 6.08 Å². The summed E-state index contributed by atoms with van der Waals surface area (Å²) in [7, 11) is 0. The lowest BCUT2D eigenvalue weighted by atomic mass is 9.89. The first kappa shape index (κ1) is 26.1. The highest BCUT2D eigenvalue weighted by Crippen LogP contribution is 2.18. The van der Waals surface area contributed by atoms with E-state index in [2.05, 4.69) is 26.6 Å². The molecule has 0 aromatic heterocycles. The van der Waals surface area contributed by atoms with Gasteiger partial charge >= 0.3 is 0 Å². The van der Waals surface area contributed by atoms with Gasteiger partial charge in [0.2, 0.25) is 0 Å². The summed E-state index contributed by atoms with van der Waals surface area (Å²) in [6, 6.07) is 0. The monoisotopic (exact) mass is 401 g/mol. The fourth-order valence-electron chi connectivity index (χ4n) is 1.93. The molecule has 0 heterocycles. The predicted molar refractivity (Wildman–Crippen MR) is 104 cm³/mol. The molecular formula is C16H31N7O5. The van der Waals surface area contributed by atoms with E-state index in [9.17, 15) is 0 Å². The van der Waals surface area contributed by atoms with Gasteiger partial charge in [-0.2, -0.15) is 0 Å². The molecule has 12 heteroatoms. The smallest absolute Gasteiger partial charge is 0.0704 e. The lowest BCUT2D eigenvalue weighted by Crippen LogP contribution is -2.41. The summed E-state index contributed by atoms with van der Waals surface area (Å²) in [5, 5.41) is 7.05. The van der Waals surface area contributed by atoms with E-state index in [1.165, 1.54) is 0 Å². The van der Waals surface area contributed by atoms with Gasteiger partial charge in [0.25, 0.3) is 0 Å². The van der Waals surface area contributed by atoms with Crippen LogP contribution in [0.15, 0.2) is 22.9 Å². The highest BCUT2D eigenvalue weighted by molar-refractivity contribution is 4.85. The highest BCUT2D eigenvalue weighted by Gasteiger charge is 2.27. The van der Waals surface area contributed by atoms with Gasteiger partial charge in [-0.1, -0.05) is 16.3 Å². The van der Waals surface area contributed by atoms with Crippen LogP contribution >= 0.6 is 0 Å². The number of hydrogen-bond acceptors (Lipinski definition) is 8. The Morgan fingerprint density at radius 2 is 1.21 bits per heavy atom. The van der Waals surface area contributed by atoms with Gasteiger partial charge in [0.15, 0.2) is 0 Å². The molecule has 0 unspecified atom stereocenters. The van der Waals surface area contributed by atoms with Crippen molar-refractivity contribution < 1.29 is 23.7 Å². The Balaban J connectivity index is 3.63. The first-order chi connectivity index (χ1) is 13.7. The third-order valence-electron chi connectivity index (χ3n) is 3.50. The second-order valence-corrected chi connectivity index (χ2v) is 5.74. The molecule has 0 saturated heterocycles. The molecule has 0 radical (unpaired) electrons. The Morgan fingerprint density at radius 3 is 1.61 bits per heavy atom. The van der Waals surface area contributed by atoms with Crippen molar-refractivity contribution in [3.8, 4) is 0 Å². The van der Waals surface area contributed by atoms with Crippen molar-refractivity contribution in [3.63, 3.8) is 0 Å². The first-order valence-electron chi connectivity index (χ1n) is 8.96. The lowest BCUT2D eigenvalue weighted by Gasteiger charge is -2.28. The Hall–Kier alpha value is -1.88. The average Bonchev–Trinajstić information content (AvgIpc) is 2.72. The third kappa shape index (κ3) is 15.2. The minimum Gasteiger partial charge on any atom is -0.378 e. The zero-order valence-electron chi connectivity index (χ0n) is 16.3. The zero-order chi connectivity index (χ0) is 20.8. The molecule has 160 valence electrons. The van der Waals surface area contributed by atoms with Gasteiger partial charge in [0.1, 0.15) is 0 Å². The van der Waals surface area contributed by atoms with Gasteiger partial charge in [-0.15, -0.1) is 6.58 Å². The van der Waals surface area contributed by atoms with Crippen LogP contribution in [0.5, 0.6) is 0 Å². The van der Waals surface area contributed by atoms with Crippen molar-refractivity contribution in [2.24, 2.45) is 21.4 Å². The van der Waals surface area contributed by atoms with Crippen LogP contribution in [-0.4, -0.2) is 85.7 Å². The minimum atomic E-state index is -0.710. The van der Waals surface area contributed by atoms with Crippen molar-refractivity contribution in [2.45, 2.75) is 0 Å². The molecule has 0 fully saturated rings. The van der Waals surface area contributed by atoms with Crippen molar-refractivity contribution in [2.75, 3.05) is 85.7 Å². The molecule has 0 spiro atoms. The average molecular weight is 401 g/mol. The van der Waals surface area contributed by atoms with Gasteiger partial charge in [0.05, 0.1) is 66.1 Å². The first-order valence-corrected chi connectivity index (χ1v) is 8.96. The summed E-state index contributed by atoms with van der Waals surface area (Å²) in [6.45, 7) is 8.28. The number of nitrogens with zero attached hydrogens (tertiary/aromatic N) is 6. The van der Waals surface area contributed by atoms with E-state index in [-0.39, 0.29) is 26.2 Å². The van der Waals surface area contributed by atoms with Crippen molar-refractivity contribution in [1.29, 1.82) is 0 Å². The van der Waals surface area contributed by atoms with Gasteiger partial charge < -0.3 is 29.4 Å². The van der Waals surface area contributed by atoms with Gasteiger partial charge in [-0.05, 0) is 11.1 Å². The zero-order valence-corrected chi connectivity index (χ0v) is 16.3. The number of ether oxygens (including phenoxy) is 5. The Morgan fingerprint density at radius 1 is 0.786 bits per heavy atom. The Bertz CT molecular complexity index is 462. The minimum absolute atomic E-state index is 0.0934. The van der Waals surface area contributed by atoms with Crippen LogP contribution in [0.4, 0.5) is 0 Å². The van der Waals surface area contributed by atoms with E-state index < -0.39 is 5.41 Å². The summed E-state index contributed by atoms with van der Waals surface area (Å²) in [4.78, 5) is 5.44. The molecule has 12 nitrogen and oxygen atoms in total. The summed E-state index contributed by atoms with van der Waals surface area (Å²) in [6.07, 6.45) is 1.69. The van der Waals surface area contributed by atoms with Crippen LogP contribution in [0, 0.1) is 5.41 Å². The molecule has 0 rings (SSSR count). The van der Waals surface area contributed by atoms with E-state index in [4.69, 9.17) is 40.5 Å². The number of nitrogens with two attached hydrogens (primary N) is 1. The van der Waals surface area contributed by atoms with Crippen LogP contribution in [0.25, 0.3) is 20.9 Å². The third-order valence-corrected chi connectivity index (χ3v) is 3.50. The maximum Gasteiger partial charge on any atom is 0.0704 e. The standard InChI is InChI=1S/C16H31N7O5/c1-2-3-24-4-5-25-6-7-26-8-9-27-10-11-28-15-16(12-17,13-20-22-18)14-21-23-19/h2H,1,3-15,17H2. The van der Waals surface area contributed by atoms with Gasteiger partial charge in [-0.3, -0.25) is 0 Å². The van der Waals surface area contributed by atoms with Gasteiger partial charge in [0, 0.05) is 34.9 Å². The van der Waals surface area contributed by atoms with Crippen LogP contribution in [0.1, 0.15) is 0 Å². The topological polar surface area (TPSA) is 170 Å². The summed E-state index contributed by atoms with van der Waals surface area (Å²) >= 11 is 0. The molecule has 0 aliphatic heterocycles. The van der Waals surface area contributed by atoms with E-state index in [0.29, 0.717) is 59.5 Å². The highest BCUT2D eigenvalue weighted by atomic mass is 16.6. The van der Waals surface area contributed by atoms with E-state index >= 15 is 0 Å². The van der Waals surface area contributed by atoms with Crippen LogP contribution in [-0.2, 0) is 23.7 Å². The fraction of sp³-hybridized carbons (Fsp3) is 0.875. The molecule has 0 aliphatic carbocycles. The normalized spacial score (nSPS) is 12.6. The van der Waals surface area contributed by atoms with Crippen LogP contribution in [0.3, 0.4) is 0 Å². The molecule has 0 bridgehead atoms. The number of azide groups is 2. The molecule has 0 aromatic rings. The van der Waals surface area contributed by atoms with Gasteiger partial charge in [-0.25, -0.2) is 0 Å². The van der Waals surface area contributed by atoms with Crippen LogP contribution in [0.2, 0.25) is 0 Å². The predicted octanol–water partition coefficient (Wildman–Crippen LogP) is 1.82. The second-order valence-electron chi connectivity index (χ2n) is 5.74. The molecular weight excluding hydrogens is 370 g/mol. The molecule has 28 heavy (non-hydrogen) atoms. The molecule has 0 amide bonds. The van der Waals surface area contributed by atoms with E-state index in [0.717, 1.165) is 0 Å². The summed E-state index contributed by atoms with van der Waals surface area (Å²) < 4.78 is 26.8. The number of hydrogen-bond donors (Lipinski definition) is 1. The summed E-state index contributed by atoms with van der Waals surface area (Å²) in [5.41, 5.74) is 22.0.